The first-order valence-corrected chi connectivity index (χ1v) is 13.5. The number of nitrogens with one attached hydrogen (secondary N) is 1. The summed E-state index contributed by atoms with van der Waals surface area (Å²) >= 11 is 6.44. The number of carbonyl (C=O) groups excluding carboxylic acids is 1. The van der Waals surface area contributed by atoms with E-state index in [9.17, 15) is 26.4 Å². The standard InChI is InChI=1S/C25H20ClF3N4O3S/c1-14-21(24(34)31-17-10-11-37(35,36)13-17)23-30-12-19(18-4-2-3-5-20(18)26)22(33(23)32-14)15-6-8-16(9-7-15)25(27,28)29/h2-9,12,17H,10-11,13H2,1H3,(H,31,34)/t17-/m0/s1. The highest BCUT2D eigenvalue weighted by Gasteiger charge is 2.32. The molecular weight excluding hydrogens is 529 g/mol. The number of alkyl halides is 3. The number of nitrogens with zero attached hydrogens (tertiary/aromatic N) is 3. The molecule has 0 saturated carbocycles. The zero-order chi connectivity index (χ0) is 26.5. The number of sulfone groups is 1. The van der Waals surface area contributed by atoms with Crippen molar-refractivity contribution in [2.24, 2.45) is 0 Å². The fourth-order valence-corrected chi connectivity index (χ4v) is 6.41. The molecule has 0 radical (unpaired) electrons. The second-order valence-corrected chi connectivity index (χ2v) is 11.5. The quantitative estimate of drug-likeness (QED) is 0.389. The predicted molar refractivity (Wildman–Crippen MR) is 133 cm³/mol. The van der Waals surface area contributed by atoms with Gasteiger partial charge in [0.2, 0.25) is 0 Å². The van der Waals surface area contributed by atoms with Crippen LogP contribution < -0.4 is 5.32 Å². The largest absolute Gasteiger partial charge is 0.416 e. The summed E-state index contributed by atoms with van der Waals surface area (Å²) in [5.74, 6) is -0.660. The van der Waals surface area contributed by atoms with Gasteiger partial charge in [-0.3, -0.25) is 4.79 Å². The summed E-state index contributed by atoms with van der Waals surface area (Å²) < 4.78 is 64.7. The number of halogens is 4. The lowest BCUT2D eigenvalue weighted by atomic mass is 9.99. The topological polar surface area (TPSA) is 93.4 Å². The van der Waals surface area contributed by atoms with Gasteiger partial charge in [-0.05, 0) is 31.5 Å². The highest BCUT2D eigenvalue weighted by molar-refractivity contribution is 7.91. The van der Waals surface area contributed by atoms with Crippen LogP contribution in [0.3, 0.4) is 0 Å². The molecule has 1 amide bonds. The van der Waals surface area contributed by atoms with Crippen LogP contribution in [0.4, 0.5) is 13.2 Å². The Morgan fingerprint density at radius 2 is 1.81 bits per heavy atom. The molecule has 2 aromatic heterocycles. The van der Waals surface area contributed by atoms with Crippen molar-refractivity contribution >= 4 is 33.0 Å². The van der Waals surface area contributed by atoms with Gasteiger partial charge in [0, 0.05) is 34.0 Å². The predicted octanol–water partition coefficient (Wildman–Crippen LogP) is 4.96. The minimum Gasteiger partial charge on any atom is -0.348 e. The average Bonchev–Trinajstić information content (AvgIpc) is 3.35. The number of hydrogen-bond acceptors (Lipinski definition) is 5. The Hall–Kier alpha value is -3.44. The molecule has 192 valence electrons. The average molecular weight is 549 g/mol. The molecule has 3 heterocycles. The Bertz CT molecular complexity index is 1630. The van der Waals surface area contributed by atoms with Gasteiger partial charge in [-0.2, -0.15) is 18.3 Å². The van der Waals surface area contributed by atoms with Gasteiger partial charge in [0.1, 0.15) is 5.56 Å². The van der Waals surface area contributed by atoms with Gasteiger partial charge in [-0.1, -0.05) is 41.9 Å². The van der Waals surface area contributed by atoms with Crippen molar-refractivity contribution in [3.8, 4) is 22.4 Å². The van der Waals surface area contributed by atoms with Crippen LogP contribution >= 0.6 is 11.6 Å². The number of rotatable bonds is 4. The van der Waals surface area contributed by atoms with Crippen LogP contribution in [0, 0.1) is 6.92 Å². The molecule has 0 aliphatic carbocycles. The van der Waals surface area contributed by atoms with Crippen molar-refractivity contribution in [2.45, 2.75) is 25.6 Å². The van der Waals surface area contributed by atoms with E-state index in [4.69, 9.17) is 11.6 Å². The molecule has 0 spiro atoms. The lowest BCUT2D eigenvalue weighted by Gasteiger charge is -2.15. The fourth-order valence-electron chi connectivity index (χ4n) is 4.49. The molecule has 5 rings (SSSR count). The van der Waals surface area contributed by atoms with E-state index in [2.05, 4.69) is 15.4 Å². The minimum absolute atomic E-state index is 0.00318. The van der Waals surface area contributed by atoms with Crippen LogP contribution in [0.5, 0.6) is 0 Å². The minimum atomic E-state index is -4.50. The summed E-state index contributed by atoms with van der Waals surface area (Å²) in [5.41, 5.74) is 1.77. The van der Waals surface area contributed by atoms with Crippen LogP contribution in [0.25, 0.3) is 28.0 Å². The summed E-state index contributed by atoms with van der Waals surface area (Å²) in [6, 6.07) is 11.0. The van der Waals surface area contributed by atoms with Crippen molar-refractivity contribution in [1.82, 2.24) is 19.9 Å². The van der Waals surface area contributed by atoms with Gasteiger partial charge in [0.05, 0.1) is 28.5 Å². The first kappa shape index (κ1) is 25.2. The van der Waals surface area contributed by atoms with E-state index in [0.717, 1.165) is 12.1 Å². The molecule has 0 bridgehead atoms. The summed E-state index contributed by atoms with van der Waals surface area (Å²) in [5, 5.41) is 7.67. The molecule has 0 unspecified atom stereocenters. The number of amides is 1. The van der Waals surface area contributed by atoms with Crippen LogP contribution in [0.1, 0.15) is 28.0 Å². The van der Waals surface area contributed by atoms with E-state index >= 15 is 0 Å². The summed E-state index contributed by atoms with van der Waals surface area (Å²) in [6.45, 7) is 1.61. The van der Waals surface area contributed by atoms with Crippen LogP contribution in [0.2, 0.25) is 5.02 Å². The van der Waals surface area contributed by atoms with E-state index in [0.29, 0.717) is 39.5 Å². The molecule has 1 aliphatic rings. The fraction of sp³-hybridized carbons (Fsp3) is 0.240. The van der Waals surface area contributed by atoms with Crippen molar-refractivity contribution in [2.75, 3.05) is 11.5 Å². The van der Waals surface area contributed by atoms with E-state index in [1.165, 1.54) is 22.8 Å². The normalized spacial score (nSPS) is 17.3. The van der Waals surface area contributed by atoms with Gasteiger partial charge in [-0.15, -0.1) is 0 Å². The van der Waals surface area contributed by atoms with Gasteiger partial charge in [-0.25, -0.2) is 17.9 Å². The monoisotopic (exact) mass is 548 g/mol. The molecule has 1 N–H and O–H groups in total. The first-order chi connectivity index (χ1) is 17.4. The number of aryl methyl sites for hydroxylation is 1. The third-order valence-corrected chi connectivity index (χ3v) is 8.36. The first-order valence-electron chi connectivity index (χ1n) is 11.3. The van der Waals surface area contributed by atoms with Crippen LogP contribution in [-0.2, 0) is 16.0 Å². The van der Waals surface area contributed by atoms with Crippen LogP contribution in [-0.4, -0.2) is 46.5 Å². The van der Waals surface area contributed by atoms with Crippen molar-refractivity contribution in [1.29, 1.82) is 0 Å². The van der Waals surface area contributed by atoms with E-state index < -0.39 is 33.5 Å². The number of aromatic nitrogens is 3. The number of fused-ring (bicyclic) bond motifs is 1. The van der Waals surface area contributed by atoms with Crippen LogP contribution in [0.15, 0.2) is 54.7 Å². The lowest BCUT2D eigenvalue weighted by molar-refractivity contribution is -0.137. The maximum Gasteiger partial charge on any atom is 0.416 e. The molecule has 1 atom stereocenters. The second kappa shape index (κ2) is 9.14. The van der Waals surface area contributed by atoms with Crippen molar-refractivity contribution < 1.29 is 26.4 Å². The molecule has 12 heteroatoms. The Kier molecular flexibility index (Phi) is 6.23. The third-order valence-electron chi connectivity index (χ3n) is 6.26. The molecule has 1 saturated heterocycles. The Balaban J connectivity index is 1.67. The van der Waals surface area contributed by atoms with E-state index in [-0.39, 0.29) is 22.7 Å². The van der Waals surface area contributed by atoms with E-state index in [1.54, 1.807) is 31.2 Å². The second-order valence-electron chi connectivity index (χ2n) is 8.84. The number of benzene rings is 2. The maximum absolute atomic E-state index is 13.2. The van der Waals surface area contributed by atoms with E-state index in [1.807, 2.05) is 0 Å². The molecule has 37 heavy (non-hydrogen) atoms. The molecular formula is C25H20ClF3N4O3S. The zero-order valence-corrected chi connectivity index (χ0v) is 21.0. The highest BCUT2D eigenvalue weighted by Crippen LogP contribution is 2.38. The Morgan fingerprint density at radius 1 is 1.11 bits per heavy atom. The zero-order valence-electron chi connectivity index (χ0n) is 19.4. The number of carbonyl (C=O) groups is 1. The molecule has 1 aliphatic heterocycles. The summed E-state index contributed by atoms with van der Waals surface area (Å²) in [7, 11) is -3.20. The molecule has 4 aromatic rings. The summed E-state index contributed by atoms with van der Waals surface area (Å²) in [6.07, 6.45) is -2.69. The van der Waals surface area contributed by atoms with Gasteiger partial charge in [0.25, 0.3) is 5.91 Å². The molecule has 2 aromatic carbocycles. The van der Waals surface area contributed by atoms with Crippen molar-refractivity contribution in [3.63, 3.8) is 0 Å². The molecule has 7 nitrogen and oxygen atoms in total. The summed E-state index contributed by atoms with van der Waals surface area (Å²) in [4.78, 5) is 17.6. The lowest BCUT2D eigenvalue weighted by Crippen LogP contribution is -2.35. The third kappa shape index (κ3) is 4.80. The Labute approximate surface area is 215 Å². The van der Waals surface area contributed by atoms with Gasteiger partial charge >= 0.3 is 6.18 Å². The SMILES string of the molecule is Cc1nn2c(-c3ccc(C(F)(F)F)cc3)c(-c3ccccc3Cl)cnc2c1C(=O)N[C@H]1CCS(=O)(=O)C1. The maximum atomic E-state index is 13.2. The number of hydrogen-bond donors (Lipinski definition) is 1. The van der Waals surface area contributed by atoms with Gasteiger partial charge in [0.15, 0.2) is 15.5 Å². The molecule has 1 fully saturated rings. The Morgan fingerprint density at radius 3 is 2.43 bits per heavy atom. The van der Waals surface area contributed by atoms with Crippen molar-refractivity contribution in [3.05, 3.63) is 76.6 Å². The smallest absolute Gasteiger partial charge is 0.348 e. The highest BCUT2D eigenvalue weighted by atomic mass is 35.5. The van der Waals surface area contributed by atoms with Gasteiger partial charge < -0.3 is 5.32 Å².